The molecule has 1 aromatic heterocycles. The van der Waals surface area contributed by atoms with Crippen LogP contribution in [0.15, 0.2) is 53.3 Å². The van der Waals surface area contributed by atoms with Crippen LogP contribution in [0, 0.1) is 0 Å². The lowest BCUT2D eigenvalue weighted by molar-refractivity contribution is 0.102. The van der Waals surface area contributed by atoms with Crippen LogP contribution in [-0.2, 0) is 0 Å². The molecule has 122 valence electrons. The fourth-order valence-electron chi connectivity index (χ4n) is 3.29. The van der Waals surface area contributed by atoms with Crippen molar-refractivity contribution in [1.29, 1.82) is 0 Å². The summed E-state index contributed by atoms with van der Waals surface area (Å²) in [5.41, 5.74) is 3.80. The highest BCUT2D eigenvalue weighted by Gasteiger charge is 2.17. The van der Waals surface area contributed by atoms with Crippen molar-refractivity contribution in [2.45, 2.75) is 18.8 Å². The van der Waals surface area contributed by atoms with Crippen LogP contribution in [0.4, 0.5) is 5.69 Å². The third-order valence-electron chi connectivity index (χ3n) is 4.56. The summed E-state index contributed by atoms with van der Waals surface area (Å²) in [6.07, 6.45) is 3.63. The fraction of sp³-hybridized carbons (Fsp3) is 0.263. The minimum absolute atomic E-state index is 0.181. The molecular formula is C19H19N3O2. The van der Waals surface area contributed by atoms with Crippen molar-refractivity contribution in [3.63, 3.8) is 0 Å². The minimum atomic E-state index is -0.181. The fourth-order valence-corrected chi connectivity index (χ4v) is 3.29. The van der Waals surface area contributed by atoms with E-state index in [1.165, 1.54) is 12.0 Å². The van der Waals surface area contributed by atoms with Gasteiger partial charge in [-0.15, -0.1) is 0 Å². The number of benzene rings is 2. The van der Waals surface area contributed by atoms with Gasteiger partial charge in [0, 0.05) is 5.69 Å². The number of rotatable bonds is 3. The van der Waals surface area contributed by atoms with Gasteiger partial charge in [-0.2, -0.15) is 0 Å². The number of carbonyl (C=O) groups excluding carboxylic acids is 1. The molecule has 4 rings (SSSR count). The zero-order valence-electron chi connectivity index (χ0n) is 13.3. The first kappa shape index (κ1) is 14.9. The van der Waals surface area contributed by atoms with Gasteiger partial charge < -0.3 is 15.1 Å². The Morgan fingerprint density at radius 1 is 1.17 bits per heavy atom. The van der Waals surface area contributed by atoms with Gasteiger partial charge in [0.25, 0.3) is 5.91 Å². The van der Waals surface area contributed by atoms with E-state index in [-0.39, 0.29) is 5.91 Å². The number of amides is 1. The van der Waals surface area contributed by atoms with Gasteiger partial charge >= 0.3 is 0 Å². The number of fused-ring (bicyclic) bond motifs is 1. The van der Waals surface area contributed by atoms with Crippen LogP contribution < -0.4 is 10.6 Å². The van der Waals surface area contributed by atoms with E-state index in [9.17, 15) is 4.79 Å². The molecule has 0 atom stereocenters. The van der Waals surface area contributed by atoms with E-state index >= 15 is 0 Å². The summed E-state index contributed by atoms with van der Waals surface area (Å²) in [5.74, 6) is 0.376. The molecule has 1 aliphatic heterocycles. The maximum atomic E-state index is 12.6. The number of hydrogen-bond acceptors (Lipinski definition) is 4. The first-order valence-corrected chi connectivity index (χ1v) is 8.25. The molecule has 2 heterocycles. The molecule has 0 bridgehead atoms. The molecule has 1 amide bonds. The number of anilines is 1. The Balaban J connectivity index is 1.56. The van der Waals surface area contributed by atoms with E-state index in [4.69, 9.17) is 4.42 Å². The number of nitrogens with one attached hydrogen (secondary N) is 2. The van der Waals surface area contributed by atoms with E-state index in [1.54, 1.807) is 6.07 Å². The molecule has 1 fully saturated rings. The summed E-state index contributed by atoms with van der Waals surface area (Å²) in [6, 6.07) is 13.5. The maximum Gasteiger partial charge on any atom is 0.259 e. The van der Waals surface area contributed by atoms with Crippen molar-refractivity contribution < 1.29 is 9.21 Å². The van der Waals surface area contributed by atoms with Crippen LogP contribution in [0.25, 0.3) is 11.1 Å². The first-order chi connectivity index (χ1) is 11.8. The van der Waals surface area contributed by atoms with Crippen LogP contribution in [0.5, 0.6) is 0 Å². The number of nitrogens with zero attached hydrogens (tertiary/aromatic N) is 1. The van der Waals surface area contributed by atoms with Gasteiger partial charge in [0.05, 0.1) is 5.56 Å². The third-order valence-corrected chi connectivity index (χ3v) is 4.56. The summed E-state index contributed by atoms with van der Waals surface area (Å²) in [4.78, 5) is 16.7. The largest absolute Gasteiger partial charge is 0.443 e. The molecule has 5 nitrogen and oxygen atoms in total. The predicted octanol–water partition coefficient (Wildman–Crippen LogP) is 3.55. The van der Waals surface area contributed by atoms with Crippen LogP contribution in [-0.4, -0.2) is 24.0 Å². The SMILES string of the molecule is O=C(Nc1cccc(C2CCNCC2)c1)c1cccc2ncoc12. The van der Waals surface area contributed by atoms with Crippen LogP contribution >= 0.6 is 0 Å². The monoisotopic (exact) mass is 321 g/mol. The van der Waals surface area contributed by atoms with E-state index in [2.05, 4.69) is 27.8 Å². The molecule has 0 saturated carbocycles. The predicted molar refractivity (Wildman–Crippen MR) is 93.2 cm³/mol. The van der Waals surface area contributed by atoms with E-state index in [1.807, 2.05) is 24.3 Å². The Kier molecular flexibility index (Phi) is 4.01. The average molecular weight is 321 g/mol. The summed E-state index contributed by atoms with van der Waals surface area (Å²) in [6.45, 7) is 2.10. The molecule has 2 aromatic carbocycles. The first-order valence-electron chi connectivity index (χ1n) is 8.25. The molecule has 1 saturated heterocycles. The van der Waals surface area contributed by atoms with E-state index in [0.29, 0.717) is 22.6 Å². The average Bonchev–Trinajstić information content (AvgIpc) is 3.11. The van der Waals surface area contributed by atoms with Crippen molar-refractivity contribution >= 4 is 22.7 Å². The number of carbonyl (C=O) groups is 1. The van der Waals surface area contributed by atoms with Crippen molar-refractivity contribution in [1.82, 2.24) is 10.3 Å². The number of aromatic nitrogens is 1. The quantitative estimate of drug-likeness (QED) is 0.774. The van der Waals surface area contributed by atoms with Gasteiger partial charge in [-0.3, -0.25) is 4.79 Å². The lowest BCUT2D eigenvalue weighted by Crippen LogP contribution is -2.26. The summed E-state index contributed by atoms with van der Waals surface area (Å²) < 4.78 is 5.35. The van der Waals surface area contributed by atoms with Gasteiger partial charge in [0.15, 0.2) is 12.0 Å². The topological polar surface area (TPSA) is 67.2 Å². The van der Waals surface area contributed by atoms with Crippen molar-refractivity contribution in [3.8, 4) is 0 Å². The smallest absolute Gasteiger partial charge is 0.259 e. The molecule has 1 aliphatic rings. The van der Waals surface area contributed by atoms with E-state index in [0.717, 1.165) is 31.6 Å². The second kappa shape index (κ2) is 6.45. The Hall–Kier alpha value is -2.66. The maximum absolute atomic E-state index is 12.6. The highest BCUT2D eigenvalue weighted by Crippen LogP contribution is 2.27. The molecule has 2 N–H and O–H groups in total. The minimum Gasteiger partial charge on any atom is -0.443 e. The van der Waals surface area contributed by atoms with Crippen LogP contribution in [0.3, 0.4) is 0 Å². The summed E-state index contributed by atoms with van der Waals surface area (Å²) in [7, 11) is 0. The molecule has 0 spiro atoms. The molecule has 0 radical (unpaired) electrons. The number of para-hydroxylation sites is 1. The molecular weight excluding hydrogens is 302 g/mol. The second-order valence-electron chi connectivity index (χ2n) is 6.11. The Bertz CT molecular complexity index is 866. The van der Waals surface area contributed by atoms with Gasteiger partial charge in [-0.25, -0.2) is 4.98 Å². The zero-order valence-corrected chi connectivity index (χ0v) is 13.3. The number of hydrogen-bond donors (Lipinski definition) is 2. The Morgan fingerprint density at radius 2 is 2.00 bits per heavy atom. The number of oxazole rings is 1. The van der Waals surface area contributed by atoms with Crippen molar-refractivity contribution in [2.24, 2.45) is 0 Å². The lowest BCUT2D eigenvalue weighted by atomic mass is 9.90. The van der Waals surface area contributed by atoms with Crippen molar-refractivity contribution in [2.75, 3.05) is 18.4 Å². The second-order valence-corrected chi connectivity index (χ2v) is 6.11. The van der Waals surface area contributed by atoms with Gasteiger partial charge in [0.2, 0.25) is 0 Å². The van der Waals surface area contributed by atoms with Crippen molar-refractivity contribution in [3.05, 3.63) is 60.0 Å². The zero-order chi connectivity index (χ0) is 16.4. The molecule has 0 unspecified atom stereocenters. The van der Waals surface area contributed by atoms with Gasteiger partial charge in [0.1, 0.15) is 5.52 Å². The highest BCUT2D eigenvalue weighted by molar-refractivity contribution is 6.10. The molecule has 0 aliphatic carbocycles. The number of piperidine rings is 1. The Morgan fingerprint density at radius 3 is 2.88 bits per heavy atom. The van der Waals surface area contributed by atoms with Gasteiger partial charge in [-0.05, 0) is 61.7 Å². The van der Waals surface area contributed by atoms with E-state index < -0.39 is 0 Å². The summed E-state index contributed by atoms with van der Waals surface area (Å²) in [5, 5.41) is 6.36. The Labute approximate surface area is 140 Å². The lowest BCUT2D eigenvalue weighted by Gasteiger charge is -2.23. The highest BCUT2D eigenvalue weighted by atomic mass is 16.3. The molecule has 5 heteroatoms. The summed E-state index contributed by atoms with van der Waals surface area (Å²) >= 11 is 0. The van der Waals surface area contributed by atoms with Gasteiger partial charge in [-0.1, -0.05) is 18.2 Å². The third kappa shape index (κ3) is 2.90. The van der Waals surface area contributed by atoms with Crippen LogP contribution in [0.1, 0.15) is 34.7 Å². The molecule has 24 heavy (non-hydrogen) atoms. The standard InChI is InChI=1S/C19H19N3O2/c23-19(16-5-2-6-17-18(16)24-12-21-17)22-15-4-1-3-14(11-15)13-7-9-20-10-8-13/h1-6,11-13,20H,7-10H2,(H,22,23). The normalized spacial score (nSPS) is 15.5. The van der Waals surface area contributed by atoms with Crippen LogP contribution in [0.2, 0.25) is 0 Å². The molecule has 3 aromatic rings.